The van der Waals surface area contributed by atoms with Crippen LogP contribution in [-0.4, -0.2) is 74.9 Å². The van der Waals surface area contributed by atoms with Crippen LogP contribution in [0.1, 0.15) is 348 Å². The number of unbranched alkanes of at least 4 members (excludes halogenated alkanes) is 41. The molecule has 9 nitrogen and oxygen atoms in total. The van der Waals surface area contributed by atoms with Crippen LogP contribution in [0.5, 0.6) is 0 Å². The molecule has 0 radical (unpaired) electrons. The van der Waals surface area contributed by atoms with Gasteiger partial charge in [0.05, 0.1) is 27.7 Å². The third-order valence-electron chi connectivity index (χ3n) is 16.4. The fourth-order valence-corrected chi connectivity index (χ4v) is 11.5. The molecule has 0 bridgehead atoms. The molecule has 512 valence electrons. The van der Waals surface area contributed by atoms with Crippen LogP contribution in [0.15, 0.2) is 85.1 Å². The highest BCUT2D eigenvalue weighted by Crippen LogP contribution is 2.43. The van der Waals surface area contributed by atoms with Crippen molar-refractivity contribution in [2.75, 3.05) is 47.5 Å². The Hall–Kier alpha value is -2.81. The number of ether oxygens (including phenoxy) is 2. The van der Waals surface area contributed by atoms with Gasteiger partial charge in [-0.05, 0) is 89.9 Å². The number of hydrogen-bond acceptors (Lipinski definition) is 7. The summed E-state index contributed by atoms with van der Waals surface area (Å²) in [6, 6.07) is 0. The smallest absolute Gasteiger partial charge is 0.462 e. The molecule has 1 N–H and O–H groups in total. The van der Waals surface area contributed by atoms with E-state index in [9.17, 15) is 19.0 Å². The number of rotatable bonds is 69. The lowest BCUT2D eigenvalue weighted by Gasteiger charge is -2.24. The molecule has 0 aliphatic rings. The Morgan fingerprint density at radius 1 is 0.364 bits per heavy atom. The van der Waals surface area contributed by atoms with Gasteiger partial charge in [0.15, 0.2) is 6.10 Å². The highest BCUT2D eigenvalue weighted by Gasteiger charge is 2.27. The van der Waals surface area contributed by atoms with Crippen LogP contribution >= 0.6 is 7.82 Å². The van der Waals surface area contributed by atoms with Gasteiger partial charge in [-0.2, -0.15) is 0 Å². The summed E-state index contributed by atoms with van der Waals surface area (Å²) in [5.74, 6) is -0.790. The molecular weight excluding hydrogens is 1110 g/mol. The highest BCUT2D eigenvalue weighted by molar-refractivity contribution is 7.47. The number of esters is 2. The fourth-order valence-electron chi connectivity index (χ4n) is 10.7. The number of allylic oxidation sites excluding steroid dienone is 14. The number of carbonyl (C=O) groups excluding carboxylic acids is 2. The summed E-state index contributed by atoms with van der Waals surface area (Å²) in [6.45, 7) is 4.34. The minimum absolute atomic E-state index is 0.0298. The van der Waals surface area contributed by atoms with Crippen LogP contribution in [-0.2, 0) is 32.7 Å². The van der Waals surface area contributed by atoms with Crippen molar-refractivity contribution in [3.05, 3.63) is 85.1 Å². The van der Waals surface area contributed by atoms with Crippen molar-refractivity contribution in [3.63, 3.8) is 0 Å². The van der Waals surface area contributed by atoms with Gasteiger partial charge in [0.1, 0.15) is 19.8 Å². The number of phosphoric acid groups is 1. The molecule has 10 heteroatoms. The second kappa shape index (κ2) is 68.6. The van der Waals surface area contributed by atoms with Crippen molar-refractivity contribution in [2.24, 2.45) is 0 Å². The Kier molecular flexibility index (Phi) is 66.4. The van der Waals surface area contributed by atoms with E-state index >= 15 is 0 Å². The van der Waals surface area contributed by atoms with Crippen LogP contribution in [0.3, 0.4) is 0 Å². The van der Waals surface area contributed by atoms with E-state index in [1.807, 2.05) is 21.1 Å². The molecule has 88 heavy (non-hydrogen) atoms. The van der Waals surface area contributed by atoms with Gasteiger partial charge in [-0.25, -0.2) is 4.57 Å². The van der Waals surface area contributed by atoms with Crippen molar-refractivity contribution >= 4 is 19.8 Å². The summed E-state index contributed by atoms with van der Waals surface area (Å²) in [6.07, 6.45) is 94.3. The molecule has 0 aliphatic carbocycles. The van der Waals surface area contributed by atoms with E-state index in [2.05, 4.69) is 98.9 Å². The lowest BCUT2D eigenvalue weighted by molar-refractivity contribution is -0.870. The molecule has 2 unspecified atom stereocenters. The predicted octanol–water partition coefficient (Wildman–Crippen LogP) is 24.5. The molecule has 2 atom stereocenters. The first-order chi connectivity index (χ1) is 43.0. The van der Waals surface area contributed by atoms with Crippen LogP contribution in [0.25, 0.3) is 0 Å². The third-order valence-corrected chi connectivity index (χ3v) is 17.4. The molecule has 0 aromatic heterocycles. The van der Waals surface area contributed by atoms with Gasteiger partial charge in [0.2, 0.25) is 0 Å². The summed E-state index contributed by atoms with van der Waals surface area (Å²) in [5, 5.41) is 0. The van der Waals surface area contributed by atoms with E-state index in [0.29, 0.717) is 17.4 Å². The van der Waals surface area contributed by atoms with E-state index in [1.165, 1.54) is 231 Å². The van der Waals surface area contributed by atoms with Crippen molar-refractivity contribution in [1.29, 1.82) is 0 Å². The Morgan fingerprint density at radius 3 is 0.966 bits per heavy atom. The van der Waals surface area contributed by atoms with Gasteiger partial charge in [0, 0.05) is 12.8 Å². The standard InChI is InChI=1S/C78H142NO8P/c1-6-8-10-12-14-16-18-20-22-24-26-28-30-31-32-33-34-35-36-37-38-39-40-41-42-43-44-45-46-47-49-50-52-54-56-58-60-62-64-66-68-70-77(80)84-74-76(75-86-88(82,83)85-73-72-79(3,4)5)87-78(81)71-69-67-65-63-61-59-57-55-53-51-48-29-27-25-23-21-19-17-15-13-11-9-7-2/h9,11,15,17-18,20-21,23-24,26-27,29-31,76H,6-8,10,12-14,16,19,22,25,28,32-75H2,1-5H3/p+1/b11-9-,17-15-,20-18-,23-21-,26-24-,29-27-,31-30-. The van der Waals surface area contributed by atoms with Gasteiger partial charge in [0.25, 0.3) is 0 Å². The maximum Gasteiger partial charge on any atom is 0.472 e. The summed E-state index contributed by atoms with van der Waals surface area (Å²) in [7, 11) is 1.48. The molecular formula is C78H143NO8P+. The zero-order valence-electron chi connectivity index (χ0n) is 58.5. The molecule has 0 saturated heterocycles. The molecule has 0 aromatic rings. The van der Waals surface area contributed by atoms with Crippen LogP contribution in [0.2, 0.25) is 0 Å². The number of likely N-dealkylation sites (N-methyl/N-ethyl adjacent to an activating group) is 1. The molecule has 0 amide bonds. The zero-order chi connectivity index (χ0) is 64.1. The van der Waals surface area contributed by atoms with E-state index in [0.717, 1.165) is 83.5 Å². The molecule has 0 fully saturated rings. The maximum absolute atomic E-state index is 12.9. The minimum Gasteiger partial charge on any atom is -0.462 e. The van der Waals surface area contributed by atoms with Crippen molar-refractivity contribution in [2.45, 2.75) is 354 Å². The monoisotopic (exact) mass is 1250 g/mol. The van der Waals surface area contributed by atoms with Crippen LogP contribution in [0, 0.1) is 0 Å². The molecule has 0 spiro atoms. The van der Waals surface area contributed by atoms with Gasteiger partial charge < -0.3 is 18.9 Å². The van der Waals surface area contributed by atoms with Crippen molar-refractivity contribution < 1.29 is 42.1 Å². The van der Waals surface area contributed by atoms with Gasteiger partial charge >= 0.3 is 19.8 Å². The zero-order valence-corrected chi connectivity index (χ0v) is 59.4. The quantitative estimate of drug-likeness (QED) is 0.0211. The highest BCUT2D eigenvalue weighted by atomic mass is 31.2. The average Bonchev–Trinajstić information content (AvgIpc) is 3.68. The summed E-state index contributed by atoms with van der Waals surface area (Å²) >= 11 is 0. The third kappa shape index (κ3) is 72.3. The van der Waals surface area contributed by atoms with Gasteiger partial charge in [-0.3, -0.25) is 18.6 Å². The van der Waals surface area contributed by atoms with E-state index < -0.39 is 26.5 Å². The summed E-state index contributed by atoms with van der Waals surface area (Å²) < 4.78 is 34.7. The van der Waals surface area contributed by atoms with Crippen molar-refractivity contribution in [3.8, 4) is 0 Å². The first-order valence-corrected chi connectivity index (χ1v) is 38.8. The summed E-state index contributed by atoms with van der Waals surface area (Å²) in [4.78, 5) is 35.9. The van der Waals surface area contributed by atoms with Crippen molar-refractivity contribution in [1.82, 2.24) is 0 Å². The molecule has 0 saturated carbocycles. The molecule has 0 rings (SSSR count). The largest absolute Gasteiger partial charge is 0.472 e. The SMILES string of the molecule is CC/C=C\C/C=C\C/C=C\C/C=C\CCCCCCCCCCCCC(=O)OC(COC(=O)CCCCCCCCCCCCCCCCCCCCCCCCCCCC/C=C\C/C=C\C/C=C\CCCCCCC)COP(=O)(O)OCC[N+](C)(C)C. The number of nitrogens with zero attached hydrogens (tertiary/aromatic N) is 1. The second-order valence-corrected chi connectivity index (χ2v) is 27.8. The van der Waals surface area contributed by atoms with Gasteiger partial charge in [-0.1, -0.05) is 330 Å². The van der Waals surface area contributed by atoms with Crippen LogP contribution < -0.4 is 0 Å². The van der Waals surface area contributed by atoms with Crippen LogP contribution in [0.4, 0.5) is 0 Å². The first kappa shape index (κ1) is 85.2. The molecule has 0 aliphatic heterocycles. The number of quaternary nitrogens is 1. The average molecular weight is 1250 g/mol. The lowest BCUT2D eigenvalue weighted by atomic mass is 10.0. The Morgan fingerprint density at radius 2 is 0.648 bits per heavy atom. The Balaban J connectivity index is 3.91. The topological polar surface area (TPSA) is 108 Å². The Bertz CT molecular complexity index is 1760. The first-order valence-electron chi connectivity index (χ1n) is 37.3. The maximum atomic E-state index is 12.9. The van der Waals surface area contributed by atoms with Gasteiger partial charge in [-0.15, -0.1) is 0 Å². The van der Waals surface area contributed by atoms with E-state index in [1.54, 1.807) is 0 Å². The van der Waals surface area contributed by atoms with E-state index in [-0.39, 0.29) is 32.0 Å². The second-order valence-electron chi connectivity index (χ2n) is 26.3. The normalized spacial score (nSPS) is 13.6. The predicted molar refractivity (Wildman–Crippen MR) is 381 cm³/mol. The molecule has 0 heterocycles. The Labute approximate surface area is 545 Å². The summed E-state index contributed by atoms with van der Waals surface area (Å²) in [5.41, 5.74) is 0. The van der Waals surface area contributed by atoms with E-state index in [4.69, 9.17) is 18.5 Å². The number of hydrogen-bond donors (Lipinski definition) is 1. The number of phosphoric ester groups is 1. The number of carbonyl (C=O) groups is 2. The lowest BCUT2D eigenvalue weighted by Crippen LogP contribution is -2.37. The minimum atomic E-state index is -4.40. The molecule has 0 aromatic carbocycles. The fraction of sp³-hybridized carbons (Fsp3) is 0.795.